The van der Waals surface area contributed by atoms with Gasteiger partial charge in [-0.25, -0.2) is 4.98 Å². The summed E-state index contributed by atoms with van der Waals surface area (Å²) in [7, 11) is 0. The van der Waals surface area contributed by atoms with Crippen LogP contribution in [-0.4, -0.2) is 15.9 Å². The van der Waals surface area contributed by atoms with E-state index >= 15 is 0 Å². The van der Waals surface area contributed by atoms with Gasteiger partial charge < -0.3 is 5.73 Å². The standard InChI is InChI=1S/C18H14N3O/c19-18(22)17-15-9-13(4-3-12(15)5-8-21-17)16-10-20-7-6-14(16)11-1-2-11/h3-7,9-11H,1-2H2,(H2,19,22). The van der Waals surface area contributed by atoms with Gasteiger partial charge in [0.25, 0.3) is 5.91 Å². The number of amides is 1. The Labute approximate surface area is 128 Å². The molecule has 4 nitrogen and oxygen atoms in total. The van der Waals surface area contributed by atoms with Gasteiger partial charge in [0.1, 0.15) is 5.69 Å². The smallest absolute Gasteiger partial charge is 0.267 e. The highest BCUT2D eigenvalue weighted by molar-refractivity contribution is 6.05. The lowest BCUT2D eigenvalue weighted by Crippen LogP contribution is -2.13. The number of hydrogen-bond donors (Lipinski definition) is 1. The maximum Gasteiger partial charge on any atom is 0.267 e. The first-order valence-electron chi connectivity index (χ1n) is 7.29. The molecule has 1 aliphatic carbocycles. The maximum absolute atomic E-state index is 11.6. The van der Waals surface area contributed by atoms with E-state index in [1.807, 2.05) is 30.6 Å². The van der Waals surface area contributed by atoms with Crippen LogP contribution in [0.15, 0.2) is 42.7 Å². The van der Waals surface area contributed by atoms with Crippen molar-refractivity contribution in [1.29, 1.82) is 0 Å². The van der Waals surface area contributed by atoms with Crippen molar-refractivity contribution in [3.8, 4) is 11.1 Å². The van der Waals surface area contributed by atoms with Crippen LogP contribution in [0.4, 0.5) is 0 Å². The molecule has 1 radical (unpaired) electrons. The highest BCUT2D eigenvalue weighted by Crippen LogP contribution is 2.44. The highest BCUT2D eigenvalue weighted by atomic mass is 16.1. The van der Waals surface area contributed by atoms with E-state index in [1.54, 1.807) is 6.07 Å². The van der Waals surface area contributed by atoms with Gasteiger partial charge in [-0.1, -0.05) is 12.1 Å². The predicted molar refractivity (Wildman–Crippen MR) is 84.3 cm³/mol. The normalized spacial score (nSPS) is 14.2. The largest absolute Gasteiger partial charge is 0.364 e. The lowest BCUT2D eigenvalue weighted by Gasteiger charge is -2.10. The quantitative estimate of drug-likeness (QED) is 0.805. The molecule has 0 aliphatic heterocycles. The Morgan fingerprint density at radius 2 is 2.14 bits per heavy atom. The first-order chi connectivity index (χ1) is 10.7. The van der Waals surface area contributed by atoms with Gasteiger partial charge in [0.05, 0.1) is 6.20 Å². The summed E-state index contributed by atoms with van der Waals surface area (Å²) in [5.74, 6) is 0.0964. The van der Waals surface area contributed by atoms with Crippen molar-refractivity contribution in [3.63, 3.8) is 0 Å². The molecule has 0 atom stereocenters. The number of benzene rings is 1. The summed E-state index contributed by atoms with van der Waals surface area (Å²) in [5.41, 5.74) is 9.17. The summed E-state index contributed by atoms with van der Waals surface area (Å²) in [6.07, 6.45) is 8.91. The van der Waals surface area contributed by atoms with Crippen LogP contribution in [0.2, 0.25) is 0 Å². The topological polar surface area (TPSA) is 68.9 Å². The molecule has 3 aromatic rings. The molecule has 0 spiro atoms. The van der Waals surface area contributed by atoms with E-state index in [1.165, 1.54) is 18.4 Å². The average molecular weight is 288 g/mol. The van der Waals surface area contributed by atoms with E-state index in [0.29, 0.717) is 5.92 Å². The molecule has 1 saturated carbocycles. The van der Waals surface area contributed by atoms with Crippen molar-refractivity contribution in [1.82, 2.24) is 9.97 Å². The lowest BCUT2D eigenvalue weighted by molar-refractivity contribution is 0.0997. The van der Waals surface area contributed by atoms with Crippen LogP contribution in [-0.2, 0) is 0 Å². The number of carbonyl (C=O) groups excluding carboxylic acids is 1. The molecule has 0 unspecified atom stereocenters. The molecular formula is C18H14N3O. The molecule has 0 saturated heterocycles. The van der Waals surface area contributed by atoms with Gasteiger partial charge in [-0.15, -0.1) is 0 Å². The Bertz CT molecular complexity index is 884. The zero-order valence-electron chi connectivity index (χ0n) is 11.9. The summed E-state index contributed by atoms with van der Waals surface area (Å²) in [6.45, 7) is 0. The number of nitrogens with two attached hydrogens (primary N) is 1. The number of aromatic nitrogens is 2. The third-order valence-corrected chi connectivity index (χ3v) is 4.12. The number of rotatable bonds is 3. The van der Waals surface area contributed by atoms with Crippen LogP contribution in [0.25, 0.3) is 21.9 Å². The van der Waals surface area contributed by atoms with Crippen molar-refractivity contribution in [2.24, 2.45) is 5.73 Å². The Balaban J connectivity index is 1.93. The van der Waals surface area contributed by atoms with E-state index in [2.05, 4.69) is 22.2 Å². The maximum atomic E-state index is 11.6. The fourth-order valence-corrected chi connectivity index (χ4v) is 2.87. The average Bonchev–Trinajstić information content (AvgIpc) is 3.38. The fraction of sp³-hybridized carbons (Fsp3) is 0.167. The van der Waals surface area contributed by atoms with Crippen LogP contribution in [0.1, 0.15) is 34.8 Å². The summed E-state index contributed by atoms with van der Waals surface area (Å²) >= 11 is 0. The molecule has 2 N–H and O–H groups in total. The second-order valence-corrected chi connectivity index (χ2v) is 5.64. The van der Waals surface area contributed by atoms with Crippen LogP contribution in [0.5, 0.6) is 0 Å². The van der Waals surface area contributed by atoms with Crippen molar-refractivity contribution in [2.75, 3.05) is 0 Å². The highest BCUT2D eigenvalue weighted by Gasteiger charge is 2.26. The summed E-state index contributed by atoms with van der Waals surface area (Å²) < 4.78 is 0. The van der Waals surface area contributed by atoms with E-state index in [4.69, 9.17) is 5.73 Å². The molecule has 22 heavy (non-hydrogen) atoms. The van der Waals surface area contributed by atoms with Gasteiger partial charge in [0, 0.05) is 23.3 Å². The van der Waals surface area contributed by atoms with Crippen LogP contribution < -0.4 is 5.73 Å². The lowest BCUT2D eigenvalue weighted by atomic mass is 9.96. The van der Waals surface area contributed by atoms with Gasteiger partial charge in [0.2, 0.25) is 0 Å². The number of pyridine rings is 2. The molecule has 2 heterocycles. The number of carbonyl (C=O) groups is 1. The van der Waals surface area contributed by atoms with Crippen molar-refractivity contribution in [3.05, 3.63) is 60.2 Å². The number of nitrogens with zero attached hydrogens (tertiary/aromatic N) is 2. The van der Waals surface area contributed by atoms with Crippen molar-refractivity contribution < 1.29 is 4.79 Å². The van der Waals surface area contributed by atoms with Gasteiger partial charge in [-0.05, 0) is 53.5 Å². The van der Waals surface area contributed by atoms with Gasteiger partial charge >= 0.3 is 0 Å². The number of primary amides is 1. The zero-order chi connectivity index (χ0) is 15.1. The van der Waals surface area contributed by atoms with Crippen molar-refractivity contribution >= 4 is 16.7 Å². The fourth-order valence-electron chi connectivity index (χ4n) is 2.87. The van der Waals surface area contributed by atoms with Crippen LogP contribution >= 0.6 is 0 Å². The number of hydrogen-bond acceptors (Lipinski definition) is 3. The first-order valence-corrected chi connectivity index (χ1v) is 7.29. The molecule has 107 valence electrons. The SMILES string of the molecule is NC(=O)c1n[c]cc2ccc(-c3cnccc3C3CC3)cc12. The number of fused-ring (bicyclic) bond motifs is 1. The van der Waals surface area contributed by atoms with E-state index in [0.717, 1.165) is 21.9 Å². The van der Waals surface area contributed by atoms with Crippen LogP contribution in [0.3, 0.4) is 0 Å². The Morgan fingerprint density at radius 3 is 2.91 bits per heavy atom. The summed E-state index contributed by atoms with van der Waals surface area (Å²) in [6, 6.07) is 9.84. The third-order valence-electron chi connectivity index (χ3n) is 4.12. The zero-order valence-corrected chi connectivity index (χ0v) is 11.9. The predicted octanol–water partition coefficient (Wildman–Crippen LogP) is 3.07. The van der Waals surface area contributed by atoms with Crippen molar-refractivity contribution in [2.45, 2.75) is 18.8 Å². The minimum absolute atomic E-state index is 0.260. The Kier molecular flexibility index (Phi) is 2.89. The molecule has 1 fully saturated rings. The molecule has 1 aliphatic rings. The molecule has 1 aromatic carbocycles. The van der Waals surface area contributed by atoms with E-state index in [9.17, 15) is 4.79 Å². The molecule has 0 bridgehead atoms. The second-order valence-electron chi connectivity index (χ2n) is 5.64. The van der Waals surface area contributed by atoms with Crippen LogP contribution in [0, 0.1) is 6.20 Å². The Hall–Kier alpha value is -2.75. The minimum Gasteiger partial charge on any atom is -0.364 e. The summed E-state index contributed by atoms with van der Waals surface area (Å²) in [5, 5.41) is 1.67. The molecule has 4 heteroatoms. The monoisotopic (exact) mass is 288 g/mol. The summed E-state index contributed by atoms with van der Waals surface area (Å²) in [4.78, 5) is 19.8. The first kappa shape index (κ1) is 13.0. The minimum atomic E-state index is -0.535. The van der Waals surface area contributed by atoms with Gasteiger partial charge in [0.15, 0.2) is 0 Å². The molecule has 1 amide bonds. The van der Waals surface area contributed by atoms with E-state index < -0.39 is 5.91 Å². The van der Waals surface area contributed by atoms with Gasteiger partial charge in [-0.2, -0.15) is 0 Å². The van der Waals surface area contributed by atoms with E-state index in [-0.39, 0.29) is 5.69 Å². The molecular weight excluding hydrogens is 274 g/mol. The van der Waals surface area contributed by atoms with Gasteiger partial charge in [-0.3, -0.25) is 9.78 Å². The Morgan fingerprint density at radius 1 is 1.27 bits per heavy atom. The third kappa shape index (κ3) is 2.13. The molecule has 4 rings (SSSR count). The second kappa shape index (κ2) is 4.91. The molecule has 2 aromatic heterocycles.